The molecule has 1 aliphatic rings. The van der Waals surface area contributed by atoms with E-state index in [1.807, 2.05) is 24.3 Å². The predicted octanol–water partition coefficient (Wildman–Crippen LogP) is 1.26. The Morgan fingerprint density at radius 3 is 3.00 bits per heavy atom. The fourth-order valence-electron chi connectivity index (χ4n) is 1.37. The van der Waals surface area contributed by atoms with Crippen LogP contribution in [0.25, 0.3) is 5.57 Å². The Balaban J connectivity index is 2.18. The maximum absolute atomic E-state index is 8.65. The molecule has 0 saturated heterocycles. The largest absolute Gasteiger partial charge is 0.302 e. The first-order valence-electron chi connectivity index (χ1n) is 4.15. The highest BCUT2D eigenvalue weighted by Crippen LogP contribution is 2.17. The van der Waals surface area contributed by atoms with Crippen molar-refractivity contribution < 1.29 is 0 Å². The van der Waals surface area contributed by atoms with E-state index in [0.29, 0.717) is 13.1 Å². The van der Waals surface area contributed by atoms with Gasteiger partial charge < -0.3 is 4.90 Å². The molecule has 0 N–H and O–H groups in total. The maximum Gasteiger partial charge on any atom is 0.179 e. The summed E-state index contributed by atoms with van der Waals surface area (Å²) in [6.45, 7) is 1.40. The third-order valence-electron chi connectivity index (χ3n) is 2.05. The van der Waals surface area contributed by atoms with Crippen LogP contribution in [0.3, 0.4) is 0 Å². The maximum atomic E-state index is 8.65. The number of hydrogen-bond acceptors (Lipinski definition) is 3. The SMILES string of the molecule is N#CN1CC=C(c2ccccn2)C1. The number of rotatable bonds is 1. The molecule has 0 radical (unpaired) electrons. The topological polar surface area (TPSA) is 39.9 Å². The van der Waals surface area contributed by atoms with Gasteiger partial charge in [0.2, 0.25) is 0 Å². The first-order chi connectivity index (χ1) is 6.40. The molecular weight excluding hydrogens is 162 g/mol. The molecule has 3 nitrogen and oxygen atoms in total. The van der Waals surface area contributed by atoms with E-state index in [1.54, 1.807) is 11.1 Å². The molecule has 0 amide bonds. The van der Waals surface area contributed by atoms with Crippen molar-refractivity contribution in [2.24, 2.45) is 0 Å². The van der Waals surface area contributed by atoms with Crippen LogP contribution in [0.15, 0.2) is 30.5 Å². The van der Waals surface area contributed by atoms with Crippen LogP contribution in [-0.4, -0.2) is 23.0 Å². The minimum Gasteiger partial charge on any atom is -0.302 e. The molecule has 0 aliphatic carbocycles. The van der Waals surface area contributed by atoms with Crippen LogP contribution in [0, 0.1) is 11.5 Å². The van der Waals surface area contributed by atoms with Gasteiger partial charge in [0, 0.05) is 12.7 Å². The highest BCUT2D eigenvalue weighted by atomic mass is 15.1. The second kappa shape index (κ2) is 3.28. The average Bonchev–Trinajstić information content (AvgIpc) is 2.67. The molecule has 0 saturated carbocycles. The standard InChI is InChI=1S/C10H9N3/c11-8-13-6-4-9(7-13)10-3-1-2-5-12-10/h1-5H,6-7H2. The lowest BCUT2D eigenvalue weighted by Crippen LogP contribution is -2.13. The van der Waals surface area contributed by atoms with Crippen LogP contribution in [0.4, 0.5) is 0 Å². The van der Waals surface area contributed by atoms with E-state index in [2.05, 4.69) is 11.2 Å². The van der Waals surface area contributed by atoms with Gasteiger partial charge in [0.05, 0.1) is 12.2 Å². The van der Waals surface area contributed by atoms with Crippen LogP contribution in [0.2, 0.25) is 0 Å². The van der Waals surface area contributed by atoms with Crippen molar-refractivity contribution in [3.8, 4) is 6.19 Å². The molecule has 2 rings (SSSR count). The van der Waals surface area contributed by atoms with Gasteiger partial charge in [-0.05, 0) is 17.7 Å². The van der Waals surface area contributed by atoms with Crippen LogP contribution >= 0.6 is 0 Å². The second-order valence-electron chi connectivity index (χ2n) is 2.92. The molecule has 64 valence electrons. The Hall–Kier alpha value is -1.82. The summed E-state index contributed by atoms with van der Waals surface area (Å²) in [5, 5.41) is 8.65. The summed E-state index contributed by atoms with van der Waals surface area (Å²) in [5.41, 5.74) is 2.11. The van der Waals surface area contributed by atoms with Crippen LogP contribution in [-0.2, 0) is 0 Å². The van der Waals surface area contributed by atoms with Crippen molar-refractivity contribution in [3.05, 3.63) is 36.2 Å². The summed E-state index contributed by atoms with van der Waals surface area (Å²) in [4.78, 5) is 5.92. The van der Waals surface area contributed by atoms with Crippen LogP contribution in [0.1, 0.15) is 5.69 Å². The predicted molar refractivity (Wildman–Crippen MR) is 49.4 cm³/mol. The number of hydrogen-bond donors (Lipinski definition) is 0. The van der Waals surface area contributed by atoms with Gasteiger partial charge in [-0.25, -0.2) is 0 Å². The van der Waals surface area contributed by atoms with Gasteiger partial charge in [0.15, 0.2) is 6.19 Å². The summed E-state index contributed by atoms with van der Waals surface area (Å²) in [6.07, 6.45) is 5.93. The van der Waals surface area contributed by atoms with E-state index in [4.69, 9.17) is 5.26 Å². The van der Waals surface area contributed by atoms with Crippen molar-refractivity contribution in [3.63, 3.8) is 0 Å². The summed E-state index contributed by atoms with van der Waals surface area (Å²) < 4.78 is 0. The zero-order valence-corrected chi connectivity index (χ0v) is 7.14. The molecule has 0 aromatic carbocycles. The first kappa shape index (κ1) is 7.81. The molecule has 1 aromatic rings. The molecule has 13 heavy (non-hydrogen) atoms. The van der Waals surface area contributed by atoms with Crippen molar-refractivity contribution in [1.29, 1.82) is 5.26 Å². The third kappa shape index (κ3) is 1.52. The molecule has 0 atom stereocenters. The lowest BCUT2D eigenvalue weighted by Gasteiger charge is -2.05. The van der Waals surface area contributed by atoms with E-state index in [9.17, 15) is 0 Å². The molecule has 1 aliphatic heterocycles. The normalized spacial score (nSPS) is 15.3. The highest BCUT2D eigenvalue weighted by Gasteiger charge is 2.13. The Labute approximate surface area is 76.9 Å². The van der Waals surface area contributed by atoms with Crippen molar-refractivity contribution in [1.82, 2.24) is 9.88 Å². The second-order valence-corrected chi connectivity index (χ2v) is 2.92. The number of pyridine rings is 1. The summed E-state index contributed by atoms with van der Waals surface area (Å²) in [5.74, 6) is 0. The van der Waals surface area contributed by atoms with Crippen LogP contribution in [0.5, 0.6) is 0 Å². The fourth-order valence-corrected chi connectivity index (χ4v) is 1.37. The minimum absolute atomic E-state index is 0.688. The Kier molecular flexibility index (Phi) is 1.97. The number of aromatic nitrogens is 1. The van der Waals surface area contributed by atoms with Gasteiger partial charge in [-0.2, -0.15) is 5.26 Å². The molecule has 0 unspecified atom stereocenters. The van der Waals surface area contributed by atoms with Gasteiger partial charge in [0.25, 0.3) is 0 Å². The highest BCUT2D eigenvalue weighted by molar-refractivity contribution is 5.66. The molecule has 2 heterocycles. The average molecular weight is 171 g/mol. The molecule has 3 heteroatoms. The zero-order chi connectivity index (χ0) is 9.10. The Bertz CT molecular complexity index is 362. The quantitative estimate of drug-likeness (QED) is 0.597. The van der Waals surface area contributed by atoms with Gasteiger partial charge in [-0.3, -0.25) is 4.98 Å². The Morgan fingerprint density at radius 1 is 1.46 bits per heavy atom. The lowest BCUT2D eigenvalue weighted by atomic mass is 10.2. The Morgan fingerprint density at radius 2 is 2.38 bits per heavy atom. The number of nitrogens with zero attached hydrogens (tertiary/aromatic N) is 3. The molecule has 0 bridgehead atoms. The number of nitriles is 1. The molecule has 0 fully saturated rings. The van der Waals surface area contributed by atoms with Crippen molar-refractivity contribution in [2.75, 3.05) is 13.1 Å². The first-order valence-corrected chi connectivity index (χ1v) is 4.15. The van der Waals surface area contributed by atoms with Gasteiger partial charge in [-0.15, -0.1) is 0 Å². The van der Waals surface area contributed by atoms with Crippen LogP contribution < -0.4 is 0 Å². The van der Waals surface area contributed by atoms with E-state index in [-0.39, 0.29) is 0 Å². The summed E-state index contributed by atoms with van der Waals surface area (Å²) in [7, 11) is 0. The summed E-state index contributed by atoms with van der Waals surface area (Å²) >= 11 is 0. The lowest BCUT2D eigenvalue weighted by molar-refractivity contribution is 0.510. The smallest absolute Gasteiger partial charge is 0.179 e. The minimum atomic E-state index is 0.688. The fraction of sp³-hybridized carbons (Fsp3) is 0.200. The van der Waals surface area contributed by atoms with E-state index < -0.39 is 0 Å². The van der Waals surface area contributed by atoms with Crippen molar-refractivity contribution >= 4 is 5.57 Å². The van der Waals surface area contributed by atoms with E-state index >= 15 is 0 Å². The third-order valence-corrected chi connectivity index (χ3v) is 2.05. The monoisotopic (exact) mass is 171 g/mol. The molecule has 0 spiro atoms. The van der Waals surface area contributed by atoms with Crippen molar-refractivity contribution in [2.45, 2.75) is 0 Å². The summed E-state index contributed by atoms with van der Waals surface area (Å²) in [6, 6.07) is 5.81. The van der Waals surface area contributed by atoms with Gasteiger partial charge in [0.1, 0.15) is 0 Å². The zero-order valence-electron chi connectivity index (χ0n) is 7.14. The van der Waals surface area contributed by atoms with Gasteiger partial charge in [-0.1, -0.05) is 12.1 Å². The molecular formula is C10H9N3. The van der Waals surface area contributed by atoms with E-state index in [0.717, 1.165) is 11.3 Å². The molecule has 1 aromatic heterocycles. The van der Waals surface area contributed by atoms with Gasteiger partial charge >= 0.3 is 0 Å². The van der Waals surface area contributed by atoms with E-state index in [1.165, 1.54) is 0 Å².